The van der Waals surface area contributed by atoms with Crippen LogP contribution in [0.4, 0.5) is 0 Å². The first-order valence-corrected chi connectivity index (χ1v) is 8.71. The van der Waals surface area contributed by atoms with Gasteiger partial charge < -0.3 is 4.90 Å². The molecule has 0 aliphatic rings. The second kappa shape index (κ2) is 7.76. The molecule has 4 nitrogen and oxygen atoms in total. The van der Waals surface area contributed by atoms with Gasteiger partial charge in [0.25, 0.3) is 0 Å². The van der Waals surface area contributed by atoms with Crippen LogP contribution in [0.3, 0.4) is 0 Å². The standard InChI is InChI=1S/C15H26N2O2S/c1-5-6-11-20(18,19)16-12-15(17(3)4)14-9-7-13(2)8-10-14/h7-10,15-16H,5-6,11-12H2,1-4H3. The maximum atomic E-state index is 11.9. The monoisotopic (exact) mass is 298 g/mol. The van der Waals surface area contributed by atoms with E-state index in [9.17, 15) is 8.42 Å². The molecule has 0 saturated heterocycles. The molecule has 1 aromatic rings. The molecular weight excluding hydrogens is 272 g/mol. The molecular formula is C15H26N2O2S. The largest absolute Gasteiger partial charge is 0.301 e. The number of hydrogen-bond acceptors (Lipinski definition) is 3. The van der Waals surface area contributed by atoms with Gasteiger partial charge in [0, 0.05) is 12.6 Å². The van der Waals surface area contributed by atoms with E-state index >= 15 is 0 Å². The van der Waals surface area contributed by atoms with E-state index in [1.807, 2.05) is 32.8 Å². The molecule has 1 rings (SSSR count). The Bertz CT molecular complexity index is 495. The van der Waals surface area contributed by atoms with Crippen LogP contribution in [0.15, 0.2) is 24.3 Å². The van der Waals surface area contributed by atoms with Crippen LogP contribution in [0, 0.1) is 6.92 Å². The van der Waals surface area contributed by atoms with Gasteiger partial charge in [0.05, 0.1) is 5.75 Å². The number of nitrogens with zero attached hydrogens (tertiary/aromatic N) is 1. The van der Waals surface area contributed by atoms with Gasteiger partial charge in [0.2, 0.25) is 10.0 Å². The Kier molecular flexibility index (Phi) is 6.65. The van der Waals surface area contributed by atoms with Crippen molar-refractivity contribution in [1.29, 1.82) is 0 Å². The molecule has 5 heteroatoms. The van der Waals surface area contributed by atoms with E-state index in [4.69, 9.17) is 0 Å². The maximum absolute atomic E-state index is 11.9. The van der Waals surface area contributed by atoms with Crippen LogP contribution >= 0.6 is 0 Å². The third-order valence-electron chi connectivity index (χ3n) is 3.35. The average Bonchev–Trinajstić information content (AvgIpc) is 2.38. The van der Waals surface area contributed by atoms with E-state index in [-0.39, 0.29) is 11.8 Å². The number of nitrogens with one attached hydrogen (secondary N) is 1. The molecule has 0 saturated carbocycles. The Hall–Kier alpha value is -0.910. The molecule has 1 atom stereocenters. The van der Waals surface area contributed by atoms with Gasteiger partial charge in [-0.3, -0.25) is 0 Å². The summed E-state index contributed by atoms with van der Waals surface area (Å²) in [6, 6.07) is 8.27. The van der Waals surface area contributed by atoms with Gasteiger partial charge in [0.1, 0.15) is 0 Å². The number of benzene rings is 1. The Labute approximate surface area is 123 Å². The molecule has 0 aliphatic carbocycles. The van der Waals surface area contributed by atoms with Gasteiger partial charge in [-0.2, -0.15) is 0 Å². The molecule has 0 bridgehead atoms. The lowest BCUT2D eigenvalue weighted by molar-refractivity contribution is 0.299. The molecule has 0 amide bonds. The fourth-order valence-electron chi connectivity index (χ4n) is 2.00. The van der Waals surface area contributed by atoms with Crippen LogP contribution in [0.25, 0.3) is 0 Å². The number of likely N-dealkylation sites (N-methyl/N-ethyl adjacent to an activating group) is 1. The summed E-state index contributed by atoms with van der Waals surface area (Å²) in [4.78, 5) is 2.03. The van der Waals surface area contributed by atoms with Crippen molar-refractivity contribution >= 4 is 10.0 Å². The zero-order valence-corrected chi connectivity index (χ0v) is 13.7. The number of sulfonamides is 1. The molecule has 0 radical (unpaired) electrons. The molecule has 0 spiro atoms. The summed E-state index contributed by atoms with van der Waals surface area (Å²) in [6.07, 6.45) is 1.59. The fraction of sp³-hybridized carbons (Fsp3) is 0.600. The lowest BCUT2D eigenvalue weighted by Gasteiger charge is -2.25. The van der Waals surface area contributed by atoms with Crippen molar-refractivity contribution in [1.82, 2.24) is 9.62 Å². The third kappa shape index (κ3) is 5.61. The predicted molar refractivity (Wildman–Crippen MR) is 84.3 cm³/mol. The Morgan fingerprint density at radius 2 is 1.80 bits per heavy atom. The first kappa shape index (κ1) is 17.1. The van der Waals surface area contributed by atoms with Crippen molar-refractivity contribution in [2.24, 2.45) is 0 Å². The molecule has 0 aromatic heterocycles. The van der Waals surface area contributed by atoms with Crippen molar-refractivity contribution in [3.63, 3.8) is 0 Å². The van der Waals surface area contributed by atoms with Crippen molar-refractivity contribution in [3.8, 4) is 0 Å². The SMILES string of the molecule is CCCCS(=O)(=O)NCC(c1ccc(C)cc1)N(C)C. The van der Waals surface area contributed by atoms with Crippen molar-refractivity contribution in [3.05, 3.63) is 35.4 Å². The summed E-state index contributed by atoms with van der Waals surface area (Å²) < 4.78 is 26.5. The summed E-state index contributed by atoms with van der Waals surface area (Å²) in [5.74, 6) is 0.206. The second-order valence-electron chi connectivity index (χ2n) is 5.41. The third-order valence-corrected chi connectivity index (χ3v) is 4.78. The Morgan fingerprint density at radius 3 is 2.30 bits per heavy atom. The van der Waals surface area contributed by atoms with Gasteiger partial charge in [-0.15, -0.1) is 0 Å². The van der Waals surface area contributed by atoms with E-state index in [0.29, 0.717) is 13.0 Å². The zero-order valence-electron chi connectivity index (χ0n) is 12.9. The summed E-state index contributed by atoms with van der Waals surface area (Å²) in [5, 5.41) is 0. The van der Waals surface area contributed by atoms with Crippen LogP contribution < -0.4 is 4.72 Å². The van der Waals surface area contributed by atoms with E-state index in [1.165, 1.54) is 5.56 Å². The molecule has 0 fully saturated rings. The van der Waals surface area contributed by atoms with Gasteiger partial charge in [-0.1, -0.05) is 43.2 Å². The summed E-state index contributed by atoms with van der Waals surface area (Å²) in [5.41, 5.74) is 2.33. The normalized spacial score (nSPS) is 13.7. The van der Waals surface area contributed by atoms with E-state index in [2.05, 4.69) is 29.0 Å². The molecule has 20 heavy (non-hydrogen) atoms. The van der Waals surface area contributed by atoms with E-state index in [1.54, 1.807) is 0 Å². The topological polar surface area (TPSA) is 49.4 Å². The highest BCUT2D eigenvalue weighted by molar-refractivity contribution is 7.89. The van der Waals surface area contributed by atoms with E-state index in [0.717, 1.165) is 12.0 Å². The van der Waals surface area contributed by atoms with Gasteiger partial charge in [-0.05, 0) is 33.0 Å². The molecule has 1 aromatic carbocycles. The van der Waals surface area contributed by atoms with Crippen molar-refractivity contribution in [2.75, 3.05) is 26.4 Å². The Balaban J connectivity index is 2.71. The molecule has 1 unspecified atom stereocenters. The smallest absolute Gasteiger partial charge is 0.211 e. The average molecular weight is 298 g/mol. The first-order valence-electron chi connectivity index (χ1n) is 7.06. The number of aryl methyl sites for hydroxylation is 1. The minimum absolute atomic E-state index is 0.0481. The highest BCUT2D eigenvalue weighted by atomic mass is 32.2. The molecule has 1 N–H and O–H groups in total. The van der Waals surface area contributed by atoms with Gasteiger partial charge >= 0.3 is 0 Å². The molecule has 0 aliphatic heterocycles. The summed E-state index contributed by atoms with van der Waals surface area (Å²) in [7, 11) is 0.761. The van der Waals surface area contributed by atoms with Crippen LogP contribution in [-0.2, 0) is 10.0 Å². The number of rotatable bonds is 8. The van der Waals surface area contributed by atoms with Gasteiger partial charge in [-0.25, -0.2) is 13.1 Å². The lowest BCUT2D eigenvalue weighted by atomic mass is 10.0. The molecule has 114 valence electrons. The van der Waals surface area contributed by atoms with Crippen LogP contribution in [0.5, 0.6) is 0 Å². The van der Waals surface area contributed by atoms with Crippen molar-refractivity contribution in [2.45, 2.75) is 32.7 Å². The number of hydrogen-bond donors (Lipinski definition) is 1. The minimum atomic E-state index is -3.17. The van der Waals surface area contributed by atoms with Crippen molar-refractivity contribution < 1.29 is 8.42 Å². The zero-order chi connectivity index (χ0) is 15.2. The summed E-state index contributed by atoms with van der Waals surface area (Å²) >= 11 is 0. The quantitative estimate of drug-likeness (QED) is 0.801. The Morgan fingerprint density at radius 1 is 1.20 bits per heavy atom. The predicted octanol–water partition coefficient (Wildman–Crippen LogP) is 2.32. The molecule has 0 heterocycles. The number of unbranched alkanes of at least 4 members (excludes halogenated alkanes) is 1. The lowest BCUT2D eigenvalue weighted by Crippen LogP contribution is -2.35. The van der Waals surface area contributed by atoms with Crippen LogP contribution in [0.1, 0.15) is 36.9 Å². The highest BCUT2D eigenvalue weighted by Gasteiger charge is 2.17. The maximum Gasteiger partial charge on any atom is 0.211 e. The highest BCUT2D eigenvalue weighted by Crippen LogP contribution is 2.18. The van der Waals surface area contributed by atoms with Crippen LogP contribution in [0.2, 0.25) is 0 Å². The van der Waals surface area contributed by atoms with Gasteiger partial charge in [0.15, 0.2) is 0 Å². The summed E-state index contributed by atoms with van der Waals surface area (Å²) in [6.45, 7) is 4.44. The first-order chi connectivity index (χ1) is 9.35. The second-order valence-corrected chi connectivity index (χ2v) is 7.34. The minimum Gasteiger partial charge on any atom is -0.301 e. The van der Waals surface area contributed by atoms with Crippen LogP contribution in [-0.4, -0.2) is 39.7 Å². The fourth-order valence-corrected chi connectivity index (χ4v) is 3.22. The van der Waals surface area contributed by atoms with E-state index < -0.39 is 10.0 Å².